The molecule has 1 heterocycles. The summed E-state index contributed by atoms with van der Waals surface area (Å²) in [4.78, 5) is 15.0. The Labute approximate surface area is 103 Å². The van der Waals surface area contributed by atoms with Crippen LogP contribution in [0.15, 0.2) is 36.5 Å². The first kappa shape index (κ1) is 11.7. The topological polar surface area (TPSA) is 59.4 Å². The van der Waals surface area contributed by atoms with Crippen LogP contribution in [-0.2, 0) is 4.79 Å². The zero-order valence-corrected chi connectivity index (χ0v) is 9.98. The Morgan fingerprint density at radius 3 is 3.00 bits per heavy atom. The van der Waals surface area contributed by atoms with E-state index in [2.05, 4.69) is 4.98 Å². The van der Waals surface area contributed by atoms with Gasteiger partial charge in [0.25, 0.3) is 0 Å². The molecule has 1 aromatic heterocycles. The Morgan fingerprint density at radius 1 is 1.47 bits per heavy atom. The second-order valence-corrected chi connectivity index (χ2v) is 4.28. The van der Waals surface area contributed by atoms with Gasteiger partial charge in [-0.1, -0.05) is 6.07 Å². The minimum Gasteiger partial charge on any atom is -0.478 e. The molecule has 17 heavy (non-hydrogen) atoms. The Bertz CT molecular complexity index is 544. The lowest BCUT2D eigenvalue weighted by Crippen LogP contribution is -2.22. The molecule has 0 aliphatic carbocycles. The Morgan fingerprint density at radius 2 is 2.29 bits per heavy atom. The Kier molecular flexibility index (Phi) is 3.49. The number of pyridine rings is 1. The Balaban J connectivity index is 2.27. The highest BCUT2D eigenvalue weighted by molar-refractivity contribution is 7.99. The summed E-state index contributed by atoms with van der Waals surface area (Å²) in [7, 11) is 0. The second-order valence-electron chi connectivity index (χ2n) is 3.38. The molecule has 0 amide bonds. The van der Waals surface area contributed by atoms with Crippen molar-refractivity contribution in [2.24, 2.45) is 0 Å². The first-order valence-electron chi connectivity index (χ1n) is 4.98. The average Bonchev–Trinajstić information content (AvgIpc) is 2.35. The quantitative estimate of drug-likeness (QED) is 0.843. The third-order valence-electron chi connectivity index (χ3n) is 2.23. The molecular formula is C12H11NO3S. The minimum absolute atomic E-state index is 0.534. The zero-order chi connectivity index (χ0) is 12.3. The van der Waals surface area contributed by atoms with Gasteiger partial charge in [0.15, 0.2) is 0 Å². The number of hydrogen-bond donors (Lipinski definition) is 1. The summed E-state index contributed by atoms with van der Waals surface area (Å²) in [6.45, 7) is 0. The van der Waals surface area contributed by atoms with Gasteiger partial charge in [0.05, 0.1) is 5.52 Å². The Hall–Kier alpha value is -1.75. The van der Waals surface area contributed by atoms with Gasteiger partial charge in [-0.15, -0.1) is 11.8 Å². The van der Waals surface area contributed by atoms with Crippen LogP contribution in [0.2, 0.25) is 0 Å². The van der Waals surface area contributed by atoms with Crippen LogP contribution in [0.3, 0.4) is 0 Å². The molecule has 0 aliphatic rings. The summed E-state index contributed by atoms with van der Waals surface area (Å²) in [5, 5.41) is 9.82. The van der Waals surface area contributed by atoms with Crippen molar-refractivity contribution in [3.63, 3.8) is 0 Å². The number of carbonyl (C=O) groups is 1. The maximum Gasteiger partial charge on any atom is 0.355 e. The molecule has 1 atom stereocenters. The highest BCUT2D eigenvalue weighted by Crippen LogP contribution is 2.22. The fourth-order valence-corrected chi connectivity index (χ4v) is 1.86. The molecule has 0 saturated heterocycles. The van der Waals surface area contributed by atoms with Gasteiger partial charge in [-0.3, -0.25) is 4.98 Å². The van der Waals surface area contributed by atoms with Gasteiger partial charge in [0.2, 0.25) is 5.44 Å². The first-order valence-corrected chi connectivity index (χ1v) is 6.26. The summed E-state index contributed by atoms with van der Waals surface area (Å²) in [6, 6.07) is 9.05. The zero-order valence-electron chi connectivity index (χ0n) is 9.16. The van der Waals surface area contributed by atoms with Crippen LogP contribution in [0.5, 0.6) is 5.75 Å². The van der Waals surface area contributed by atoms with Gasteiger partial charge in [0, 0.05) is 11.6 Å². The predicted molar refractivity (Wildman–Crippen MR) is 67.3 cm³/mol. The maximum atomic E-state index is 10.8. The predicted octanol–water partition coefficient (Wildman–Crippen LogP) is 2.39. The van der Waals surface area contributed by atoms with Gasteiger partial charge < -0.3 is 9.84 Å². The number of rotatable bonds is 4. The van der Waals surface area contributed by atoms with E-state index in [4.69, 9.17) is 9.84 Å². The molecule has 2 aromatic rings. The first-order chi connectivity index (χ1) is 8.20. The van der Waals surface area contributed by atoms with E-state index >= 15 is 0 Å². The van der Waals surface area contributed by atoms with Crippen LogP contribution in [0.25, 0.3) is 10.9 Å². The lowest BCUT2D eigenvalue weighted by Gasteiger charge is -2.12. The summed E-state index contributed by atoms with van der Waals surface area (Å²) in [5.41, 5.74) is -0.0278. The molecular weight excluding hydrogens is 238 g/mol. The van der Waals surface area contributed by atoms with Crippen molar-refractivity contribution in [3.05, 3.63) is 36.5 Å². The van der Waals surface area contributed by atoms with Crippen molar-refractivity contribution < 1.29 is 14.6 Å². The number of thioether (sulfide) groups is 1. The third-order valence-corrected chi connectivity index (χ3v) is 2.96. The monoisotopic (exact) mass is 249 g/mol. The molecule has 0 spiro atoms. The van der Waals surface area contributed by atoms with Crippen molar-refractivity contribution in [1.82, 2.24) is 4.98 Å². The normalized spacial score (nSPS) is 12.3. The standard InChI is InChI=1S/C12H11NO3S/c1-17-12(11(14)15)16-9-4-5-10-8(7-9)3-2-6-13-10/h2-7,12H,1H3,(H,14,15). The van der Waals surface area contributed by atoms with Gasteiger partial charge >= 0.3 is 5.97 Å². The molecule has 2 rings (SSSR count). The van der Waals surface area contributed by atoms with Crippen molar-refractivity contribution in [1.29, 1.82) is 0 Å². The van der Waals surface area contributed by atoms with Gasteiger partial charge in [0.1, 0.15) is 5.75 Å². The smallest absolute Gasteiger partial charge is 0.355 e. The van der Waals surface area contributed by atoms with Crippen LogP contribution in [-0.4, -0.2) is 27.8 Å². The third kappa shape index (κ3) is 2.68. The van der Waals surface area contributed by atoms with Crippen molar-refractivity contribution in [2.45, 2.75) is 5.44 Å². The number of aromatic nitrogens is 1. The SMILES string of the molecule is CSC(Oc1ccc2ncccc2c1)C(=O)O. The van der Waals surface area contributed by atoms with Crippen LogP contribution in [0, 0.1) is 0 Å². The molecule has 0 aliphatic heterocycles. The molecule has 1 unspecified atom stereocenters. The molecule has 0 fully saturated rings. The summed E-state index contributed by atoms with van der Waals surface area (Å²) >= 11 is 1.14. The van der Waals surface area contributed by atoms with Crippen LogP contribution < -0.4 is 4.74 Å². The van der Waals surface area contributed by atoms with E-state index in [0.29, 0.717) is 5.75 Å². The number of hydrogen-bond acceptors (Lipinski definition) is 4. The molecule has 0 saturated carbocycles. The van der Waals surface area contributed by atoms with E-state index in [0.717, 1.165) is 22.7 Å². The van der Waals surface area contributed by atoms with Crippen molar-refractivity contribution in [2.75, 3.05) is 6.26 Å². The number of fused-ring (bicyclic) bond motifs is 1. The fourth-order valence-electron chi connectivity index (χ4n) is 1.45. The lowest BCUT2D eigenvalue weighted by molar-refractivity contribution is -0.140. The molecule has 1 N–H and O–H groups in total. The molecule has 1 aromatic carbocycles. The molecule has 0 radical (unpaired) electrons. The molecule has 88 valence electrons. The van der Waals surface area contributed by atoms with Crippen LogP contribution in [0.1, 0.15) is 0 Å². The number of benzene rings is 1. The number of nitrogens with zero attached hydrogens (tertiary/aromatic N) is 1. The molecule has 0 bridgehead atoms. The summed E-state index contributed by atoms with van der Waals surface area (Å²) in [6.07, 6.45) is 3.41. The van der Waals surface area contributed by atoms with E-state index < -0.39 is 11.4 Å². The number of aliphatic carboxylic acids is 1. The van der Waals surface area contributed by atoms with Crippen molar-refractivity contribution >= 4 is 28.6 Å². The van der Waals surface area contributed by atoms with E-state index in [1.807, 2.05) is 18.2 Å². The van der Waals surface area contributed by atoms with Crippen LogP contribution >= 0.6 is 11.8 Å². The minimum atomic E-state index is -0.983. The number of carboxylic acid groups (broad SMARTS) is 1. The summed E-state index contributed by atoms with van der Waals surface area (Å²) < 4.78 is 5.37. The maximum absolute atomic E-state index is 10.8. The van der Waals surface area contributed by atoms with Crippen molar-refractivity contribution in [3.8, 4) is 5.75 Å². The van der Waals surface area contributed by atoms with E-state index in [-0.39, 0.29) is 0 Å². The molecule has 4 nitrogen and oxygen atoms in total. The van der Waals surface area contributed by atoms with E-state index in [1.54, 1.807) is 24.6 Å². The van der Waals surface area contributed by atoms with Gasteiger partial charge in [-0.05, 0) is 30.5 Å². The van der Waals surface area contributed by atoms with Gasteiger partial charge in [-0.25, -0.2) is 4.79 Å². The van der Waals surface area contributed by atoms with E-state index in [1.165, 1.54) is 0 Å². The fraction of sp³-hybridized carbons (Fsp3) is 0.167. The van der Waals surface area contributed by atoms with E-state index in [9.17, 15) is 4.79 Å². The number of ether oxygens (including phenoxy) is 1. The highest BCUT2D eigenvalue weighted by Gasteiger charge is 2.17. The highest BCUT2D eigenvalue weighted by atomic mass is 32.2. The summed E-state index contributed by atoms with van der Waals surface area (Å²) in [5.74, 6) is -0.448. The number of carboxylic acids is 1. The van der Waals surface area contributed by atoms with Gasteiger partial charge in [-0.2, -0.15) is 0 Å². The average molecular weight is 249 g/mol. The molecule has 5 heteroatoms. The lowest BCUT2D eigenvalue weighted by atomic mass is 10.2. The van der Waals surface area contributed by atoms with Crippen LogP contribution in [0.4, 0.5) is 0 Å². The largest absolute Gasteiger partial charge is 0.478 e. The second kappa shape index (κ2) is 5.05.